The second kappa shape index (κ2) is 8.24. The van der Waals surface area contributed by atoms with E-state index < -0.39 is 0 Å². The maximum Gasteiger partial charge on any atom is 0.136 e. The van der Waals surface area contributed by atoms with Crippen molar-refractivity contribution in [3.05, 3.63) is 107 Å². The first-order valence-electron chi connectivity index (χ1n) is 10.3. The van der Waals surface area contributed by atoms with Crippen LogP contribution in [0.2, 0.25) is 0 Å². The van der Waals surface area contributed by atoms with Crippen molar-refractivity contribution in [2.24, 2.45) is 0 Å². The first-order chi connectivity index (χ1) is 14.4. The van der Waals surface area contributed by atoms with Gasteiger partial charge in [0.05, 0.1) is 13.2 Å². The van der Waals surface area contributed by atoms with Gasteiger partial charge in [0.15, 0.2) is 0 Å². The number of hydrogen-bond donors (Lipinski definition) is 0. The van der Waals surface area contributed by atoms with Gasteiger partial charge in [-0.15, -0.1) is 0 Å². The standard InChI is InChI=1S/C26H25NO2/c1-3-9-20(10-4-1)25-22-13-7-8-14-24(22)29-26(21-11-5-2-6-12-21)23(25)19-27-15-17-28-18-16-27/h1-14,25H,15-19H2. The molecule has 0 spiro atoms. The number of fused-ring (bicyclic) bond motifs is 1. The summed E-state index contributed by atoms with van der Waals surface area (Å²) in [7, 11) is 0. The minimum atomic E-state index is 0.180. The average molecular weight is 383 g/mol. The third kappa shape index (κ3) is 3.71. The third-order valence-electron chi connectivity index (χ3n) is 5.75. The predicted molar refractivity (Wildman–Crippen MR) is 116 cm³/mol. The Morgan fingerprint density at radius 3 is 2.17 bits per heavy atom. The molecule has 0 aromatic heterocycles. The first kappa shape index (κ1) is 18.2. The van der Waals surface area contributed by atoms with Crippen molar-refractivity contribution in [1.82, 2.24) is 4.90 Å². The van der Waals surface area contributed by atoms with Crippen molar-refractivity contribution in [2.45, 2.75) is 5.92 Å². The molecule has 3 heteroatoms. The Hall–Kier alpha value is -2.88. The van der Waals surface area contributed by atoms with Crippen molar-refractivity contribution in [2.75, 3.05) is 32.8 Å². The zero-order chi connectivity index (χ0) is 19.5. The Bertz CT molecular complexity index is 991. The van der Waals surface area contributed by atoms with Gasteiger partial charge in [0.1, 0.15) is 11.5 Å². The highest BCUT2D eigenvalue weighted by molar-refractivity contribution is 5.72. The number of benzene rings is 3. The predicted octanol–water partition coefficient (Wildman–Crippen LogP) is 4.95. The van der Waals surface area contributed by atoms with Crippen LogP contribution in [0.3, 0.4) is 0 Å². The molecule has 3 aromatic carbocycles. The van der Waals surface area contributed by atoms with E-state index in [9.17, 15) is 0 Å². The molecule has 2 heterocycles. The van der Waals surface area contributed by atoms with Crippen LogP contribution in [-0.4, -0.2) is 37.7 Å². The van der Waals surface area contributed by atoms with Crippen LogP contribution in [0.1, 0.15) is 22.6 Å². The van der Waals surface area contributed by atoms with Gasteiger partial charge in [0, 0.05) is 36.7 Å². The summed E-state index contributed by atoms with van der Waals surface area (Å²) in [6.45, 7) is 4.37. The minimum Gasteiger partial charge on any atom is -0.456 e. The summed E-state index contributed by atoms with van der Waals surface area (Å²) in [5.74, 6) is 2.12. The lowest BCUT2D eigenvalue weighted by molar-refractivity contribution is 0.0417. The molecule has 1 fully saturated rings. The summed E-state index contributed by atoms with van der Waals surface area (Å²) in [6, 6.07) is 29.7. The molecule has 0 aliphatic carbocycles. The second-order valence-electron chi connectivity index (χ2n) is 7.59. The molecule has 0 saturated carbocycles. The van der Waals surface area contributed by atoms with Gasteiger partial charge < -0.3 is 9.47 Å². The van der Waals surface area contributed by atoms with E-state index in [0.29, 0.717) is 0 Å². The molecule has 3 nitrogen and oxygen atoms in total. The summed E-state index contributed by atoms with van der Waals surface area (Å²) in [5, 5.41) is 0. The van der Waals surface area contributed by atoms with Crippen LogP contribution >= 0.6 is 0 Å². The van der Waals surface area contributed by atoms with Gasteiger partial charge in [-0.3, -0.25) is 4.90 Å². The number of hydrogen-bond acceptors (Lipinski definition) is 3. The van der Waals surface area contributed by atoms with Crippen LogP contribution in [0.5, 0.6) is 5.75 Å². The molecule has 0 N–H and O–H groups in total. The fourth-order valence-electron chi connectivity index (χ4n) is 4.33. The maximum atomic E-state index is 6.55. The molecular formula is C26H25NO2. The summed E-state index contributed by atoms with van der Waals surface area (Å²) >= 11 is 0. The molecule has 1 unspecified atom stereocenters. The Morgan fingerprint density at radius 2 is 1.41 bits per heavy atom. The maximum absolute atomic E-state index is 6.55. The number of nitrogens with zero attached hydrogens (tertiary/aromatic N) is 1. The summed E-state index contributed by atoms with van der Waals surface area (Å²) < 4.78 is 12.1. The van der Waals surface area contributed by atoms with Crippen LogP contribution in [-0.2, 0) is 4.74 Å². The smallest absolute Gasteiger partial charge is 0.136 e. The SMILES string of the molecule is c1ccc(C2=C(CN3CCOCC3)C(c3ccccc3)c3ccccc3O2)cc1. The van der Waals surface area contributed by atoms with Crippen LogP contribution in [0, 0.1) is 0 Å². The Balaban J connectivity index is 1.67. The van der Waals surface area contributed by atoms with Crippen LogP contribution in [0.25, 0.3) is 5.76 Å². The van der Waals surface area contributed by atoms with E-state index in [0.717, 1.165) is 49.9 Å². The van der Waals surface area contributed by atoms with Crippen molar-refractivity contribution in [3.63, 3.8) is 0 Å². The number of para-hydroxylation sites is 1. The second-order valence-corrected chi connectivity index (χ2v) is 7.59. The van der Waals surface area contributed by atoms with E-state index >= 15 is 0 Å². The van der Waals surface area contributed by atoms with Crippen LogP contribution in [0.4, 0.5) is 0 Å². The summed E-state index contributed by atoms with van der Waals surface area (Å²) in [6.07, 6.45) is 0. The highest BCUT2D eigenvalue weighted by Crippen LogP contribution is 2.45. The molecule has 0 bridgehead atoms. The van der Waals surface area contributed by atoms with Crippen molar-refractivity contribution >= 4 is 5.76 Å². The van der Waals surface area contributed by atoms with Gasteiger partial charge in [-0.2, -0.15) is 0 Å². The largest absolute Gasteiger partial charge is 0.456 e. The zero-order valence-corrected chi connectivity index (χ0v) is 16.5. The van der Waals surface area contributed by atoms with Gasteiger partial charge >= 0.3 is 0 Å². The van der Waals surface area contributed by atoms with E-state index in [4.69, 9.17) is 9.47 Å². The Morgan fingerprint density at radius 1 is 0.759 bits per heavy atom. The van der Waals surface area contributed by atoms with Crippen LogP contribution in [0.15, 0.2) is 90.5 Å². The minimum absolute atomic E-state index is 0.180. The van der Waals surface area contributed by atoms with Crippen molar-refractivity contribution in [3.8, 4) is 5.75 Å². The highest BCUT2D eigenvalue weighted by atomic mass is 16.5. The molecular weight excluding hydrogens is 358 g/mol. The highest BCUT2D eigenvalue weighted by Gasteiger charge is 2.32. The van der Waals surface area contributed by atoms with E-state index in [2.05, 4.69) is 89.8 Å². The Kier molecular flexibility index (Phi) is 5.16. The fraction of sp³-hybridized carbons (Fsp3) is 0.231. The van der Waals surface area contributed by atoms with E-state index in [1.807, 2.05) is 0 Å². The van der Waals surface area contributed by atoms with Gasteiger partial charge in [0.25, 0.3) is 0 Å². The van der Waals surface area contributed by atoms with Gasteiger partial charge in [-0.05, 0) is 17.2 Å². The molecule has 1 saturated heterocycles. The quantitative estimate of drug-likeness (QED) is 0.636. The summed E-state index contributed by atoms with van der Waals surface area (Å²) in [4.78, 5) is 2.48. The molecule has 2 aliphatic rings. The van der Waals surface area contributed by atoms with E-state index in [1.165, 1.54) is 16.7 Å². The fourth-order valence-corrected chi connectivity index (χ4v) is 4.33. The van der Waals surface area contributed by atoms with E-state index in [-0.39, 0.29) is 5.92 Å². The first-order valence-corrected chi connectivity index (χ1v) is 10.3. The average Bonchev–Trinajstić information content (AvgIpc) is 2.80. The van der Waals surface area contributed by atoms with Crippen molar-refractivity contribution in [1.29, 1.82) is 0 Å². The van der Waals surface area contributed by atoms with Crippen LogP contribution < -0.4 is 4.74 Å². The van der Waals surface area contributed by atoms with Gasteiger partial charge in [-0.1, -0.05) is 78.9 Å². The van der Waals surface area contributed by atoms with Gasteiger partial charge in [0.2, 0.25) is 0 Å². The molecule has 29 heavy (non-hydrogen) atoms. The third-order valence-corrected chi connectivity index (χ3v) is 5.75. The Labute approximate surface area is 172 Å². The normalized spacial score (nSPS) is 19.5. The van der Waals surface area contributed by atoms with Crippen molar-refractivity contribution < 1.29 is 9.47 Å². The zero-order valence-electron chi connectivity index (χ0n) is 16.5. The van der Waals surface area contributed by atoms with E-state index in [1.54, 1.807) is 0 Å². The monoisotopic (exact) mass is 383 g/mol. The molecule has 0 radical (unpaired) electrons. The van der Waals surface area contributed by atoms with Gasteiger partial charge in [-0.25, -0.2) is 0 Å². The lowest BCUT2D eigenvalue weighted by atomic mass is 9.81. The molecule has 3 aromatic rings. The molecule has 5 rings (SSSR count). The topological polar surface area (TPSA) is 21.7 Å². The number of rotatable bonds is 4. The summed E-state index contributed by atoms with van der Waals surface area (Å²) in [5.41, 5.74) is 5.00. The number of ether oxygens (including phenoxy) is 2. The lowest BCUT2D eigenvalue weighted by Gasteiger charge is -2.35. The molecule has 1 atom stereocenters. The number of morpholine rings is 1. The molecule has 0 amide bonds. The molecule has 2 aliphatic heterocycles. The lowest BCUT2D eigenvalue weighted by Crippen LogP contribution is -2.39. The molecule has 146 valence electrons.